The number of aromatic nitrogens is 3. The number of fused-ring (bicyclic) bond motifs is 1. The number of esters is 1. The molecule has 0 bridgehead atoms. The number of likely N-dealkylation sites (tertiary alicyclic amines) is 1. The number of carbonyl (C=O) groups is 2. The van der Waals surface area contributed by atoms with Gasteiger partial charge in [-0.15, -0.1) is 0 Å². The van der Waals surface area contributed by atoms with Gasteiger partial charge in [0, 0.05) is 13.1 Å². The zero-order valence-electron chi connectivity index (χ0n) is 16.7. The lowest BCUT2D eigenvalue weighted by atomic mass is 10.1. The maximum Gasteiger partial charge on any atom is 0.357 e. The fourth-order valence-electron chi connectivity index (χ4n) is 3.78. The lowest BCUT2D eigenvalue weighted by Crippen LogP contribution is -2.36. The summed E-state index contributed by atoms with van der Waals surface area (Å²) in [6.07, 6.45) is 3.12. The van der Waals surface area contributed by atoms with Crippen molar-refractivity contribution in [2.45, 2.75) is 33.1 Å². The van der Waals surface area contributed by atoms with Gasteiger partial charge in [0.15, 0.2) is 11.3 Å². The van der Waals surface area contributed by atoms with E-state index in [1.165, 1.54) is 0 Å². The Bertz CT molecular complexity index is 1050. The van der Waals surface area contributed by atoms with E-state index >= 15 is 0 Å². The van der Waals surface area contributed by atoms with Crippen molar-refractivity contribution in [3.63, 3.8) is 0 Å². The summed E-state index contributed by atoms with van der Waals surface area (Å²) in [5.41, 5.74) is 2.58. The third-order valence-corrected chi connectivity index (χ3v) is 5.17. The molecule has 3 aromatic rings. The predicted octanol–water partition coefficient (Wildman–Crippen LogP) is 3.53. The molecule has 4 rings (SSSR count). The molecule has 7 nitrogen and oxygen atoms in total. The van der Waals surface area contributed by atoms with E-state index in [9.17, 15) is 9.59 Å². The summed E-state index contributed by atoms with van der Waals surface area (Å²) in [6.45, 7) is 5.30. The first kappa shape index (κ1) is 19.1. The van der Waals surface area contributed by atoms with Gasteiger partial charge in [0.1, 0.15) is 0 Å². The number of amides is 1. The number of carbonyl (C=O) groups excluding carboxylic acids is 2. The summed E-state index contributed by atoms with van der Waals surface area (Å²) in [5.74, 6) is -0.626. The Hall–Kier alpha value is -3.22. The van der Waals surface area contributed by atoms with Crippen molar-refractivity contribution < 1.29 is 14.3 Å². The summed E-state index contributed by atoms with van der Waals surface area (Å²) in [7, 11) is 0. The minimum Gasteiger partial charge on any atom is -0.461 e. The van der Waals surface area contributed by atoms with Crippen molar-refractivity contribution in [3.05, 3.63) is 53.3 Å². The lowest BCUT2D eigenvalue weighted by molar-refractivity contribution is 0.0520. The topological polar surface area (TPSA) is 77.3 Å². The smallest absolute Gasteiger partial charge is 0.357 e. The van der Waals surface area contributed by atoms with E-state index in [1.54, 1.807) is 17.7 Å². The highest BCUT2D eigenvalue weighted by Gasteiger charge is 2.26. The number of nitrogens with zero attached hydrogens (tertiary/aromatic N) is 4. The summed E-state index contributed by atoms with van der Waals surface area (Å²) in [4.78, 5) is 32.2. The molecule has 29 heavy (non-hydrogen) atoms. The molecule has 0 aliphatic carbocycles. The molecule has 0 saturated carbocycles. The third-order valence-electron chi connectivity index (χ3n) is 5.17. The predicted molar refractivity (Wildman–Crippen MR) is 109 cm³/mol. The molecule has 2 aromatic heterocycles. The Morgan fingerprint density at radius 2 is 1.83 bits per heavy atom. The molecule has 1 amide bonds. The van der Waals surface area contributed by atoms with Crippen LogP contribution in [0.25, 0.3) is 16.7 Å². The van der Waals surface area contributed by atoms with Crippen molar-refractivity contribution in [3.8, 4) is 5.69 Å². The van der Waals surface area contributed by atoms with E-state index in [0.717, 1.165) is 38.0 Å². The molecule has 1 aliphatic rings. The van der Waals surface area contributed by atoms with E-state index in [-0.39, 0.29) is 18.2 Å². The second-order valence-corrected chi connectivity index (χ2v) is 7.16. The number of piperidine rings is 1. The number of rotatable bonds is 4. The fraction of sp³-hybridized carbons (Fsp3) is 0.364. The van der Waals surface area contributed by atoms with Crippen molar-refractivity contribution in [2.75, 3.05) is 19.7 Å². The Labute approximate surface area is 169 Å². The molecular formula is C22H24N4O3. The van der Waals surface area contributed by atoms with Gasteiger partial charge in [-0.25, -0.2) is 14.5 Å². The van der Waals surface area contributed by atoms with Crippen molar-refractivity contribution in [1.82, 2.24) is 19.7 Å². The average Bonchev–Trinajstić information content (AvgIpc) is 3.10. The van der Waals surface area contributed by atoms with Crippen LogP contribution in [0.1, 0.15) is 52.7 Å². The Morgan fingerprint density at radius 3 is 2.52 bits per heavy atom. The van der Waals surface area contributed by atoms with E-state index in [1.807, 2.05) is 42.2 Å². The summed E-state index contributed by atoms with van der Waals surface area (Å²) >= 11 is 0. The van der Waals surface area contributed by atoms with E-state index in [4.69, 9.17) is 4.74 Å². The van der Waals surface area contributed by atoms with Crippen LogP contribution in [0, 0.1) is 6.92 Å². The Kier molecular flexibility index (Phi) is 5.29. The zero-order chi connectivity index (χ0) is 20.4. The van der Waals surface area contributed by atoms with Crippen LogP contribution in [0.4, 0.5) is 0 Å². The van der Waals surface area contributed by atoms with Crippen LogP contribution in [0.3, 0.4) is 0 Å². The largest absolute Gasteiger partial charge is 0.461 e. The van der Waals surface area contributed by atoms with Gasteiger partial charge in [0.25, 0.3) is 5.91 Å². The van der Waals surface area contributed by atoms with Gasteiger partial charge in [0.05, 0.1) is 28.9 Å². The van der Waals surface area contributed by atoms with Crippen LogP contribution in [0.5, 0.6) is 0 Å². The highest BCUT2D eigenvalue weighted by molar-refractivity contribution is 6.08. The second-order valence-electron chi connectivity index (χ2n) is 7.16. The Balaban J connectivity index is 1.92. The van der Waals surface area contributed by atoms with Gasteiger partial charge >= 0.3 is 5.97 Å². The normalized spacial score (nSPS) is 14.2. The number of pyridine rings is 1. The maximum atomic E-state index is 13.4. The third kappa shape index (κ3) is 3.60. The molecule has 0 radical (unpaired) electrons. The van der Waals surface area contributed by atoms with Crippen molar-refractivity contribution >= 4 is 22.9 Å². The van der Waals surface area contributed by atoms with E-state index < -0.39 is 5.97 Å². The molecule has 0 spiro atoms. The molecule has 7 heteroatoms. The first-order valence-corrected chi connectivity index (χ1v) is 10.0. The number of ether oxygens (including phenoxy) is 1. The van der Waals surface area contributed by atoms with Crippen LogP contribution in [-0.4, -0.2) is 51.2 Å². The summed E-state index contributed by atoms with van der Waals surface area (Å²) in [6, 6.07) is 11.1. The van der Waals surface area contributed by atoms with Gasteiger partial charge in [-0.1, -0.05) is 18.2 Å². The quantitative estimate of drug-likeness (QED) is 0.635. The zero-order valence-corrected chi connectivity index (χ0v) is 16.7. The first-order chi connectivity index (χ1) is 14.1. The maximum absolute atomic E-state index is 13.4. The highest BCUT2D eigenvalue weighted by atomic mass is 16.5. The average molecular weight is 392 g/mol. The molecule has 1 saturated heterocycles. The number of hydrogen-bond donors (Lipinski definition) is 0. The minimum atomic E-state index is -0.541. The molecule has 1 fully saturated rings. The van der Waals surface area contributed by atoms with Crippen LogP contribution in [0.15, 0.2) is 36.4 Å². The van der Waals surface area contributed by atoms with Gasteiger partial charge in [-0.05, 0) is 51.3 Å². The van der Waals surface area contributed by atoms with Gasteiger partial charge < -0.3 is 9.64 Å². The van der Waals surface area contributed by atoms with Crippen LogP contribution in [0.2, 0.25) is 0 Å². The molecule has 150 valence electrons. The minimum absolute atomic E-state index is 0.0849. The molecule has 0 atom stereocenters. The molecule has 0 N–H and O–H groups in total. The van der Waals surface area contributed by atoms with Crippen LogP contribution < -0.4 is 0 Å². The van der Waals surface area contributed by atoms with E-state index in [2.05, 4.69) is 10.1 Å². The van der Waals surface area contributed by atoms with Crippen LogP contribution in [-0.2, 0) is 4.74 Å². The summed E-state index contributed by atoms with van der Waals surface area (Å²) < 4.78 is 6.83. The first-order valence-electron chi connectivity index (χ1n) is 10.0. The van der Waals surface area contributed by atoms with Gasteiger partial charge in [-0.3, -0.25) is 4.79 Å². The second kappa shape index (κ2) is 8.03. The molecule has 3 heterocycles. The highest BCUT2D eigenvalue weighted by Crippen LogP contribution is 2.27. The number of aryl methyl sites for hydroxylation is 1. The van der Waals surface area contributed by atoms with Crippen LogP contribution >= 0.6 is 0 Å². The van der Waals surface area contributed by atoms with Gasteiger partial charge in [-0.2, -0.15) is 5.10 Å². The number of benzene rings is 1. The molecule has 1 aliphatic heterocycles. The standard InChI is InChI=1S/C22H24N4O3/c1-3-29-22(28)18-14-17(21(27)25-12-8-5-9-13-25)19-15(2)24-26(20(19)23-18)16-10-6-4-7-11-16/h4,6-7,10-11,14H,3,5,8-9,12-13H2,1-2H3. The molecule has 1 aromatic carbocycles. The molecular weight excluding hydrogens is 368 g/mol. The SMILES string of the molecule is CCOC(=O)c1cc(C(=O)N2CCCCC2)c2c(C)nn(-c3ccccc3)c2n1. The van der Waals surface area contributed by atoms with Crippen molar-refractivity contribution in [2.24, 2.45) is 0 Å². The molecule has 0 unspecified atom stereocenters. The monoisotopic (exact) mass is 392 g/mol. The van der Waals surface area contributed by atoms with E-state index in [0.29, 0.717) is 22.3 Å². The number of hydrogen-bond acceptors (Lipinski definition) is 5. The van der Waals surface area contributed by atoms with Crippen molar-refractivity contribution in [1.29, 1.82) is 0 Å². The lowest BCUT2D eigenvalue weighted by Gasteiger charge is -2.27. The fourth-order valence-corrected chi connectivity index (χ4v) is 3.78. The van der Waals surface area contributed by atoms with Gasteiger partial charge in [0.2, 0.25) is 0 Å². The Morgan fingerprint density at radius 1 is 1.10 bits per heavy atom. The number of para-hydroxylation sites is 1. The summed E-state index contributed by atoms with van der Waals surface area (Å²) in [5, 5.41) is 5.30.